The molecule has 2 rings (SSSR count). The highest BCUT2D eigenvalue weighted by atomic mass is 16.3. The predicted octanol–water partition coefficient (Wildman–Crippen LogP) is -0.491. The third kappa shape index (κ3) is 4.48. The molecule has 4 N–H and O–H groups in total. The van der Waals surface area contributed by atoms with E-state index in [0.29, 0.717) is 19.1 Å². The molecule has 1 amide bonds. The zero-order valence-electron chi connectivity index (χ0n) is 12.2. The van der Waals surface area contributed by atoms with Gasteiger partial charge in [0.1, 0.15) is 0 Å². The molecule has 0 aromatic carbocycles. The molecule has 1 aliphatic carbocycles. The molecule has 118 valence electrons. The lowest BCUT2D eigenvalue weighted by Crippen LogP contribution is -2.40. The van der Waals surface area contributed by atoms with Gasteiger partial charge in [-0.25, -0.2) is 5.84 Å². The fraction of sp³-hybridized carbons (Fsp3) is 0.769. The standard InChI is InChI=1S/C13H24N6O2/c14-15-13(21)12-10-19(17-16-12)7-6-18(8-9-20)11-4-2-1-3-5-11/h10-11,20H,1-9,14H2,(H,15,21). The van der Waals surface area contributed by atoms with Gasteiger partial charge in [-0.15, -0.1) is 5.10 Å². The van der Waals surface area contributed by atoms with Crippen molar-refractivity contribution in [3.8, 4) is 0 Å². The van der Waals surface area contributed by atoms with Crippen LogP contribution in [0.2, 0.25) is 0 Å². The van der Waals surface area contributed by atoms with Gasteiger partial charge in [0.25, 0.3) is 5.91 Å². The first kappa shape index (κ1) is 15.9. The highest BCUT2D eigenvalue weighted by Gasteiger charge is 2.20. The monoisotopic (exact) mass is 296 g/mol. The van der Waals surface area contributed by atoms with Crippen molar-refractivity contribution < 1.29 is 9.90 Å². The van der Waals surface area contributed by atoms with Crippen molar-refractivity contribution in [3.63, 3.8) is 0 Å². The number of nitrogen functional groups attached to an aromatic ring is 1. The first-order valence-corrected chi connectivity index (χ1v) is 7.50. The van der Waals surface area contributed by atoms with Gasteiger partial charge in [-0.1, -0.05) is 24.5 Å². The van der Waals surface area contributed by atoms with Crippen LogP contribution in [-0.2, 0) is 6.54 Å². The normalized spacial score (nSPS) is 16.3. The molecule has 0 saturated heterocycles. The van der Waals surface area contributed by atoms with E-state index in [1.807, 2.05) is 5.43 Å². The van der Waals surface area contributed by atoms with Gasteiger partial charge in [0, 0.05) is 19.1 Å². The molecule has 0 bridgehead atoms. The van der Waals surface area contributed by atoms with Crippen LogP contribution in [0.5, 0.6) is 0 Å². The Morgan fingerprint density at radius 1 is 1.43 bits per heavy atom. The van der Waals surface area contributed by atoms with Crippen molar-refractivity contribution in [3.05, 3.63) is 11.9 Å². The van der Waals surface area contributed by atoms with Crippen LogP contribution in [0.25, 0.3) is 0 Å². The maximum absolute atomic E-state index is 11.3. The second kappa shape index (κ2) is 8.06. The van der Waals surface area contributed by atoms with Crippen LogP contribution in [0.4, 0.5) is 0 Å². The molecule has 8 nitrogen and oxygen atoms in total. The van der Waals surface area contributed by atoms with Crippen molar-refractivity contribution in [2.24, 2.45) is 5.84 Å². The highest BCUT2D eigenvalue weighted by Crippen LogP contribution is 2.22. The van der Waals surface area contributed by atoms with Crippen molar-refractivity contribution in [1.29, 1.82) is 0 Å². The lowest BCUT2D eigenvalue weighted by molar-refractivity contribution is 0.0948. The first-order valence-electron chi connectivity index (χ1n) is 7.50. The zero-order valence-corrected chi connectivity index (χ0v) is 12.2. The van der Waals surface area contributed by atoms with E-state index in [4.69, 9.17) is 5.84 Å². The molecule has 0 spiro atoms. The molecule has 1 heterocycles. The van der Waals surface area contributed by atoms with Crippen molar-refractivity contribution in [2.75, 3.05) is 19.7 Å². The average Bonchev–Trinajstić information content (AvgIpc) is 3.00. The van der Waals surface area contributed by atoms with Crippen molar-refractivity contribution in [2.45, 2.75) is 44.7 Å². The van der Waals surface area contributed by atoms with E-state index in [0.717, 1.165) is 6.54 Å². The number of nitrogens with zero attached hydrogens (tertiary/aromatic N) is 4. The first-order chi connectivity index (χ1) is 10.2. The van der Waals surface area contributed by atoms with Gasteiger partial charge in [-0.05, 0) is 12.8 Å². The fourth-order valence-corrected chi connectivity index (χ4v) is 2.87. The molecule has 1 fully saturated rings. The predicted molar refractivity (Wildman–Crippen MR) is 77.2 cm³/mol. The van der Waals surface area contributed by atoms with E-state index in [2.05, 4.69) is 15.2 Å². The van der Waals surface area contributed by atoms with Crippen LogP contribution in [0, 0.1) is 0 Å². The maximum atomic E-state index is 11.3. The molecule has 1 aliphatic rings. The summed E-state index contributed by atoms with van der Waals surface area (Å²) in [6.07, 6.45) is 7.80. The quantitative estimate of drug-likeness (QED) is 0.356. The van der Waals surface area contributed by atoms with Crippen molar-refractivity contribution in [1.82, 2.24) is 25.3 Å². The van der Waals surface area contributed by atoms with E-state index in [1.165, 1.54) is 32.1 Å². The van der Waals surface area contributed by atoms with Gasteiger partial charge in [-0.3, -0.25) is 19.8 Å². The smallest absolute Gasteiger partial charge is 0.287 e. The minimum atomic E-state index is -0.444. The Kier molecular flexibility index (Phi) is 6.09. The van der Waals surface area contributed by atoms with E-state index in [9.17, 15) is 9.90 Å². The van der Waals surface area contributed by atoms with Gasteiger partial charge in [-0.2, -0.15) is 0 Å². The van der Waals surface area contributed by atoms with Gasteiger partial charge in [0.15, 0.2) is 5.69 Å². The fourth-order valence-electron chi connectivity index (χ4n) is 2.87. The number of rotatable bonds is 7. The summed E-state index contributed by atoms with van der Waals surface area (Å²) in [4.78, 5) is 13.6. The van der Waals surface area contributed by atoms with E-state index < -0.39 is 5.91 Å². The number of nitrogens with two attached hydrogens (primary N) is 1. The molecule has 0 unspecified atom stereocenters. The average molecular weight is 296 g/mol. The Balaban J connectivity index is 1.88. The summed E-state index contributed by atoms with van der Waals surface area (Å²) < 4.78 is 1.64. The molecular weight excluding hydrogens is 272 g/mol. The molecular formula is C13H24N6O2. The maximum Gasteiger partial charge on any atom is 0.287 e. The number of aromatic nitrogens is 3. The largest absolute Gasteiger partial charge is 0.395 e. The summed E-state index contributed by atoms with van der Waals surface area (Å²) in [7, 11) is 0. The molecule has 8 heteroatoms. The van der Waals surface area contributed by atoms with Gasteiger partial charge in [0.2, 0.25) is 0 Å². The van der Waals surface area contributed by atoms with Gasteiger partial charge < -0.3 is 5.11 Å². The molecule has 1 aromatic rings. The van der Waals surface area contributed by atoms with Crippen LogP contribution >= 0.6 is 0 Å². The summed E-state index contributed by atoms with van der Waals surface area (Å²) in [5.74, 6) is 4.62. The number of hydrogen-bond donors (Lipinski definition) is 3. The van der Waals surface area contributed by atoms with Crippen LogP contribution in [0.1, 0.15) is 42.6 Å². The number of aliphatic hydroxyl groups excluding tert-OH is 1. The van der Waals surface area contributed by atoms with Crippen LogP contribution in [0.15, 0.2) is 6.20 Å². The molecule has 0 radical (unpaired) electrons. The van der Waals surface area contributed by atoms with Crippen LogP contribution < -0.4 is 11.3 Å². The minimum absolute atomic E-state index is 0.161. The zero-order chi connectivity index (χ0) is 15.1. The number of amides is 1. The molecule has 0 atom stereocenters. The number of carbonyl (C=O) groups excluding carboxylic acids is 1. The van der Waals surface area contributed by atoms with Crippen LogP contribution in [0.3, 0.4) is 0 Å². The molecule has 0 aliphatic heterocycles. The Labute approximate surface area is 124 Å². The molecule has 21 heavy (non-hydrogen) atoms. The number of nitrogens with one attached hydrogen (secondary N) is 1. The van der Waals surface area contributed by atoms with E-state index in [1.54, 1.807) is 10.9 Å². The van der Waals surface area contributed by atoms with Crippen LogP contribution in [-0.4, -0.2) is 56.6 Å². The number of hydrogen-bond acceptors (Lipinski definition) is 6. The number of hydrazine groups is 1. The SMILES string of the molecule is NNC(=O)c1cn(CCN(CCO)C2CCCCC2)nn1. The number of aliphatic hydroxyl groups is 1. The Morgan fingerprint density at radius 3 is 2.86 bits per heavy atom. The molecule has 1 saturated carbocycles. The summed E-state index contributed by atoms with van der Waals surface area (Å²) in [5.41, 5.74) is 2.25. The Bertz CT molecular complexity index is 444. The second-order valence-corrected chi connectivity index (χ2v) is 5.39. The van der Waals surface area contributed by atoms with Crippen molar-refractivity contribution >= 4 is 5.91 Å². The third-order valence-electron chi connectivity index (χ3n) is 4.00. The number of carbonyl (C=O) groups is 1. The lowest BCUT2D eigenvalue weighted by atomic mass is 9.94. The summed E-state index contributed by atoms with van der Waals surface area (Å²) in [6, 6.07) is 0.543. The summed E-state index contributed by atoms with van der Waals surface area (Å²) >= 11 is 0. The summed E-state index contributed by atoms with van der Waals surface area (Å²) in [6.45, 7) is 2.27. The second-order valence-electron chi connectivity index (χ2n) is 5.39. The third-order valence-corrected chi connectivity index (χ3v) is 4.00. The highest BCUT2D eigenvalue weighted by molar-refractivity contribution is 5.91. The minimum Gasteiger partial charge on any atom is -0.395 e. The van der Waals surface area contributed by atoms with Gasteiger partial charge >= 0.3 is 0 Å². The lowest BCUT2D eigenvalue weighted by Gasteiger charge is -2.33. The van der Waals surface area contributed by atoms with E-state index in [-0.39, 0.29) is 12.3 Å². The van der Waals surface area contributed by atoms with Gasteiger partial charge in [0.05, 0.1) is 19.3 Å². The Hall–Kier alpha value is -1.51. The molecule has 1 aromatic heterocycles. The summed E-state index contributed by atoms with van der Waals surface area (Å²) in [5, 5.41) is 16.9. The topological polar surface area (TPSA) is 109 Å². The Morgan fingerprint density at radius 2 is 2.19 bits per heavy atom. The van der Waals surface area contributed by atoms with E-state index >= 15 is 0 Å².